The number of carbonyl (C=O) groups excluding carboxylic acids is 1. The molecule has 0 bridgehead atoms. The van der Waals surface area contributed by atoms with Gasteiger partial charge in [-0.25, -0.2) is 8.42 Å². The van der Waals surface area contributed by atoms with E-state index in [9.17, 15) is 13.2 Å². The lowest BCUT2D eigenvalue weighted by Crippen LogP contribution is -2.45. The molecule has 0 saturated carbocycles. The zero-order chi connectivity index (χ0) is 15.6. The van der Waals surface area contributed by atoms with Crippen molar-refractivity contribution in [1.29, 1.82) is 0 Å². The van der Waals surface area contributed by atoms with Crippen LogP contribution in [0.25, 0.3) is 0 Å². The summed E-state index contributed by atoms with van der Waals surface area (Å²) in [6, 6.07) is 0. The molecule has 2 N–H and O–H groups in total. The predicted molar refractivity (Wildman–Crippen MR) is 82.2 cm³/mol. The number of hydrogen-bond donors (Lipinski definition) is 2. The highest BCUT2D eigenvalue weighted by molar-refractivity contribution is 7.91. The summed E-state index contributed by atoms with van der Waals surface area (Å²) < 4.78 is 22.7. The van der Waals surface area contributed by atoms with Gasteiger partial charge in [-0.3, -0.25) is 14.8 Å². The summed E-state index contributed by atoms with van der Waals surface area (Å²) in [5, 5.41) is 10.3. The minimum Gasteiger partial charge on any atom is -0.349 e. The number of nitrogens with zero attached hydrogens (tertiary/aromatic N) is 2. The van der Waals surface area contributed by atoms with Crippen molar-refractivity contribution in [1.82, 2.24) is 20.4 Å². The summed E-state index contributed by atoms with van der Waals surface area (Å²) in [7, 11) is -2.90. The first-order valence-electron chi connectivity index (χ1n) is 7.78. The van der Waals surface area contributed by atoms with Gasteiger partial charge in [0.2, 0.25) is 5.91 Å². The van der Waals surface area contributed by atoms with Gasteiger partial charge in [0.1, 0.15) is 0 Å². The summed E-state index contributed by atoms with van der Waals surface area (Å²) in [5.41, 5.74) is 3.40. The maximum Gasteiger partial charge on any atom is 0.234 e. The monoisotopic (exact) mass is 326 g/mol. The Bertz CT molecular complexity index is 639. The summed E-state index contributed by atoms with van der Waals surface area (Å²) in [6.07, 6.45) is 4.44. The van der Waals surface area contributed by atoms with E-state index in [1.54, 1.807) is 0 Å². The van der Waals surface area contributed by atoms with Crippen molar-refractivity contribution >= 4 is 15.7 Å². The molecule has 0 radical (unpaired) electrons. The number of aryl methyl sites for hydroxylation is 1. The number of aromatic amines is 1. The summed E-state index contributed by atoms with van der Waals surface area (Å²) in [4.78, 5) is 13.9. The molecule has 0 unspecified atom stereocenters. The molecule has 0 aromatic carbocycles. The van der Waals surface area contributed by atoms with E-state index in [-0.39, 0.29) is 24.0 Å². The molecule has 122 valence electrons. The number of nitrogens with one attached hydrogen (secondary N) is 2. The molecule has 0 atom stereocenters. The number of H-pyrrole nitrogens is 1. The average Bonchev–Trinajstić information content (AvgIpc) is 2.91. The van der Waals surface area contributed by atoms with Crippen molar-refractivity contribution < 1.29 is 13.2 Å². The van der Waals surface area contributed by atoms with Crippen molar-refractivity contribution in [3.8, 4) is 0 Å². The lowest BCUT2D eigenvalue weighted by Gasteiger charge is -2.25. The Balaban J connectivity index is 1.48. The summed E-state index contributed by atoms with van der Waals surface area (Å²) in [5.74, 6) is 0.215. The van der Waals surface area contributed by atoms with Crippen molar-refractivity contribution in [3.63, 3.8) is 0 Å². The van der Waals surface area contributed by atoms with Crippen molar-refractivity contribution in [3.05, 3.63) is 17.0 Å². The molecule has 7 nitrogen and oxygen atoms in total. The normalized spacial score (nSPS) is 21.3. The fraction of sp³-hybridized carbons (Fsp3) is 0.714. The maximum atomic E-state index is 12.0. The quantitative estimate of drug-likeness (QED) is 0.787. The smallest absolute Gasteiger partial charge is 0.234 e. The SMILES string of the molecule is O=C(CN1CCS(=O)(=O)CC1)NCc1n[nH]c2c1CCCC2. The second-order valence-corrected chi connectivity index (χ2v) is 8.34. The van der Waals surface area contributed by atoms with Crippen LogP contribution in [-0.2, 0) is 34.0 Å². The van der Waals surface area contributed by atoms with E-state index in [1.165, 1.54) is 24.1 Å². The fourth-order valence-electron chi connectivity index (χ4n) is 3.05. The lowest BCUT2D eigenvalue weighted by molar-refractivity contribution is -0.122. The standard InChI is InChI=1S/C14H22N4O3S/c19-14(10-18-5-7-22(20,21)8-6-18)15-9-13-11-3-1-2-4-12(11)16-17-13/h1-10H2,(H,15,19)(H,16,17). The van der Waals surface area contributed by atoms with Crippen LogP contribution >= 0.6 is 0 Å². The van der Waals surface area contributed by atoms with Crippen LogP contribution in [-0.4, -0.2) is 60.6 Å². The third kappa shape index (κ3) is 3.67. The first kappa shape index (κ1) is 15.5. The van der Waals surface area contributed by atoms with E-state index in [1.807, 2.05) is 4.90 Å². The Morgan fingerprint density at radius 3 is 2.73 bits per heavy atom. The molecular weight excluding hydrogens is 304 g/mol. The fourth-order valence-corrected chi connectivity index (χ4v) is 4.32. The second-order valence-electron chi connectivity index (χ2n) is 6.04. The number of sulfone groups is 1. The van der Waals surface area contributed by atoms with Gasteiger partial charge < -0.3 is 5.32 Å². The van der Waals surface area contributed by atoms with Gasteiger partial charge in [-0.05, 0) is 31.2 Å². The van der Waals surface area contributed by atoms with Gasteiger partial charge in [0.15, 0.2) is 9.84 Å². The van der Waals surface area contributed by atoms with Gasteiger partial charge in [0.05, 0.1) is 30.3 Å². The minimum absolute atomic E-state index is 0.0770. The number of aromatic nitrogens is 2. The van der Waals surface area contributed by atoms with Crippen LogP contribution in [0, 0.1) is 0 Å². The average molecular weight is 326 g/mol. The highest BCUT2D eigenvalue weighted by Gasteiger charge is 2.23. The zero-order valence-corrected chi connectivity index (χ0v) is 13.4. The first-order valence-corrected chi connectivity index (χ1v) is 9.60. The summed E-state index contributed by atoms with van der Waals surface area (Å²) in [6.45, 7) is 1.57. The van der Waals surface area contributed by atoms with Gasteiger partial charge in [-0.2, -0.15) is 5.10 Å². The molecule has 22 heavy (non-hydrogen) atoms. The van der Waals surface area contributed by atoms with Crippen LogP contribution < -0.4 is 5.32 Å². The third-order valence-corrected chi connectivity index (χ3v) is 6.01. The molecule has 3 rings (SSSR count). The molecule has 1 aromatic heterocycles. The van der Waals surface area contributed by atoms with E-state index >= 15 is 0 Å². The first-order chi connectivity index (χ1) is 10.5. The second kappa shape index (κ2) is 6.37. The molecule has 1 aliphatic carbocycles. The van der Waals surface area contributed by atoms with Crippen LogP contribution in [0.5, 0.6) is 0 Å². The highest BCUT2D eigenvalue weighted by atomic mass is 32.2. The van der Waals surface area contributed by atoms with Crippen LogP contribution in [0.1, 0.15) is 29.8 Å². The molecule has 1 aromatic rings. The van der Waals surface area contributed by atoms with Crippen molar-refractivity contribution in [2.75, 3.05) is 31.1 Å². The Hall–Kier alpha value is -1.41. The number of rotatable bonds is 4. The Morgan fingerprint density at radius 2 is 1.95 bits per heavy atom. The Morgan fingerprint density at radius 1 is 1.23 bits per heavy atom. The topological polar surface area (TPSA) is 95.2 Å². The van der Waals surface area contributed by atoms with E-state index in [0.717, 1.165) is 18.5 Å². The van der Waals surface area contributed by atoms with Crippen molar-refractivity contribution in [2.45, 2.75) is 32.2 Å². The number of amides is 1. The third-order valence-electron chi connectivity index (χ3n) is 4.40. The molecule has 1 saturated heterocycles. The Labute approximate surface area is 130 Å². The van der Waals surface area contributed by atoms with Crippen molar-refractivity contribution in [2.24, 2.45) is 0 Å². The van der Waals surface area contributed by atoms with Crippen LogP contribution in [0.2, 0.25) is 0 Å². The van der Waals surface area contributed by atoms with Gasteiger partial charge in [0, 0.05) is 18.8 Å². The van der Waals surface area contributed by atoms with Crippen LogP contribution in [0.15, 0.2) is 0 Å². The molecule has 2 heterocycles. The van der Waals surface area contributed by atoms with E-state index in [0.29, 0.717) is 19.6 Å². The summed E-state index contributed by atoms with van der Waals surface area (Å²) >= 11 is 0. The highest BCUT2D eigenvalue weighted by Crippen LogP contribution is 2.21. The molecular formula is C14H22N4O3S. The van der Waals surface area contributed by atoms with Gasteiger partial charge >= 0.3 is 0 Å². The minimum atomic E-state index is -2.90. The van der Waals surface area contributed by atoms with Crippen LogP contribution in [0.4, 0.5) is 0 Å². The largest absolute Gasteiger partial charge is 0.349 e. The lowest BCUT2D eigenvalue weighted by atomic mass is 9.96. The maximum absolute atomic E-state index is 12.0. The van der Waals surface area contributed by atoms with E-state index in [4.69, 9.17) is 0 Å². The molecule has 1 aliphatic heterocycles. The Kier molecular flexibility index (Phi) is 4.49. The zero-order valence-electron chi connectivity index (χ0n) is 12.6. The van der Waals surface area contributed by atoms with E-state index in [2.05, 4.69) is 15.5 Å². The van der Waals surface area contributed by atoms with Gasteiger partial charge in [0.25, 0.3) is 0 Å². The molecule has 8 heteroatoms. The number of hydrogen-bond acceptors (Lipinski definition) is 5. The van der Waals surface area contributed by atoms with Crippen LogP contribution in [0.3, 0.4) is 0 Å². The van der Waals surface area contributed by atoms with Gasteiger partial charge in [-0.15, -0.1) is 0 Å². The van der Waals surface area contributed by atoms with Gasteiger partial charge in [-0.1, -0.05) is 0 Å². The number of carbonyl (C=O) groups is 1. The molecule has 0 spiro atoms. The van der Waals surface area contributed by atoms with E-state index < -0.39 is 9.84 Å². The molecule has 1 amide bonds. The number of fused-ring (bicyclic) bond motifs is 1. The molecule has 2 aliphatic rings. The molecule has 1 fully saturated rings. The predicted octanol–water partition coefficient (Wildman–Crippen LogP) is -0.365.